The maximum atomic E-state index is 11.8. The van der Waals surface area contributed by atoms with Crippen molar-refractivity contribution in [3.63, 3.8) is 0 Å². The summed E-state index contributed by atoms with van der Waals surface area (Å²) in [6.07, 6.45) is 6.14. The van der Waals surface area contributed by atoms with Crippen LogP contribution in [0.1, 0.15) is 52.4 Å². The highest BCUT2D eigenvalue weighted by Crippen LogP contribution is 2.07. The Morgan fingerprint density at radius 2 is 1.94 bits per heavy atom. The molecule has 0 saturated carbocycles. The molecule has 0 heterocycles. The van der Waals surface area contributed by atoms with Crippen LogP contribution in [0.5, 0.6) is 0 Å². The summed E-state index contributed by atoms with van der Waals surface area (Å²) in [4.78, 5) is 13.3. The van der Waals surface area contributed by atoms with Gasteiger partial charge in [0, 0.05) is 13.5 Å². The van der Waals surface area contributed by atoms with Crippen molar-refractivity contribution >= 4 is 11.7 Å². The molecule has 0 saturated heterocycles. The highest BCUT2D eigenvalue weighted by molar-refractivity contribution is 5.89. The summed E-state index contributed by atoms with van der Waals surface area (Å²) in [6.45, 7) is 3.90. The second kappa shape index (κ2) is 8.84. The molecule has 0 spiro atoms. The fraction of sp³-hybridized carbons (Fsp3) is 0.833. The van der Waals surface area contributed by atoms with E-state index >= 15 is 0 Å². The Hall–Kier alpha value is -1.26. The normalized spacial score (nSPS) is 13.5. The Balaban J connectivity index is 3.89. The lowest BCUT2D eigenvalue weighted by Crippen LogP contribution is -2.43. The minimum Gasteiger partial charge on any atom is -0.409 e. The molecule has 0 aromatic rings. The quantitative estimate of drug-likeness (QED) is 0.225. The zero-order valence-electron chi connectivity index (χ0n) is 11.1. The smallest absolute Gasteiger partial charge is 0.222 e. The SMILES string of the molecule is CCCCCCCC(=O)N(C)C(C)C(N)=NO. The van der Waals surface area contributed by atoms with E-state index in [9.17, 15) is 4.79 Å². The van der Waals surface area contributed by atoms with E-state index in [1.807, 2.05) is 0 Å². The van der Waals surface area contributed by atoms with Gasteiger partial charge in [-0.05, 0) is 13.3 Å². The predicted molar refractivity (Wildman–Crippen MR) is 69.0 cm³/mol. The van der Waals surface area contributed by atoms with Crippen LogP contribution < -0.4 is 5.73 Å². The fourth-order valence-electron chi connectivity index (χ4n) is 1.55. The second-order valence-corrected chi connectivity index (χ2v) is 4.37. The number of amidine groups is 1. The van der Waals surface area contributed by atoms with Crippen LogP contribution in [-0.2, 0) is 4.79 Å². The molecule has 5 nitrogen and oxygen atoms in total. The van der Waals surface area contributed by atoms with Crippen molar-refractivity contribution in [1.29, 1.82) is 0 Å². The minimum atomic E-state index is -0.358. The lowest BCUT2D eigenvalue weighted by Gasteiger charge is -2.23. The molecule has 17 heavy (non-hydrogen) atoms. The zero-order valence-corrected chi connectivity index (χ0v) is 11.1. The van der Waals surface area contributed by atoms with E-state index in [1.165, 1.54) is 24.2 Å². The van der Waals surface area contributed by atoms with Gasteiger partial charge in [0.25, 0.3) is 0 Å². The summed E-state index contributed by atoms with van der Waals surface area (Å²) in [5.74, 6) is 0.104. The topological polar surface area (TPSA) is 78.9 Å². The molecule has 1 unspecified atom stereocenters. The van der Waals surface area contributed by atoms with Crippen molar-refractivity contribution in [1.82, 2.24) is 4.90 Å². The van der Waals surface area contributed by atoms with E-state index in [2.05, 4.69) is 12.1 Å². The van der Waals surface area contributed by atoms with Crippen molar-refractivity contribution in [2.75, 3.05) is 7.05 Å². The van der Waals surface area contributed by atoms with Gasteiger partial charge in [-0.15, -0.1) is 0 Å². The molecular weight excluding hydrogens is 218 g/mol. The molecule has 0 aliphatic rings. The zero-order chi connectivity index (χ0) is 13.3. The van der Waals surface area contributed by atoms with E-state index in [0.29, 0.717) is 6.42 Å². The number of carbonyl (C=O) groups is 1. The largest absolute Gasteiger partial charge is 0.409 e. The van der Waals surface area contributed by atoms with Gasteiger partial charge in [0.15, 0.2) is 5.84 Å². The third-order valence-electron chi connectivity index (χ3n) is 3.01. The highest BCUT2D eigenvalue weighted by atomic mass is 16.4. The molecule has 0 rings (SSSR count). The van der Waals surface area contributed by atoms with Crippen LogP contribution in [-0.4, -0.2) is 34.9 Å². The molecule has 1 amide bonds. The van der Waals surface area contributed by atoms with Crippen LogP contribution >= 0.6 is 0 Å². The van der Waals surface area contributed by atoms with Gasteiger partial charge < -0.3 is 15.8 Å². The number of unbranched alkanes of at least 4 members (excludes halogenated alkanes) is 4. The maximum absolute atomic E-state index is 11.8. The van der Waals surface area contributed by atoms with Gasteiger partial charge in [-0.2, -0.15) is 0 Å². The fourth-order valence-corrected chi connectivity index (χ4v) is 1.55. The van der Waals surface area contributed by atoms with Crippen molar-refractivity contribution < 1.29 is 10.0 Å². The third kappa shape index (κ3) is 6.14. The number of nitrogens with zero attached hydrogens (tertiary/aromatic N) is 2. The van der Waals surface area contributed by atoms with Gasteiger partial charge in [-0.25, -0.2) is 0 Å². The molecule has 0 aliphatic heterocycles. The third-order valence-corrected chi connectivity index (χ3v) is 3.01. The van der Waals surface area contributed by atoms with E-state index in [0.717, 1.165) is 12.8 Å². The molecule has 100 valence electrons. The van der Waals surface area contributed by atoms with Crippen molar-refractivity contribution in [2.24, 2.45) is 10.9 Å². The lowest BCUT2D eigenvalue weighted by molar-refractivity contribution is -0.130. The standard InChI is InChI=1S/C12H25N3O2/c1-4-5-6-7-8-9-11(16)15(3)10(2)12(13)14-17/h10,17H,4-9H2,1-3H3,(H2,13,14). The number of nitrogens with two attached hydrogens (primary N) is 1. The molecule has 0 bridgehead atoms. The number of hydrogen-bond acceptors (Lipinski definition) is 3. The summed E-state index contributed by atoms with van der Waals surface area (Å²) >= 11 is 0. The molecule has 0 aromatic heterocycles. The van der Waals surface area contributed by atoms with Gasteiger partial charge in [0.2, 0.25) is 5.91 Å². The van der Waals surface area contributed by atoms with E-state index in [4.69, 9.17) is 10.9 Å². The minimum absolute atomic E-state index is 0.0422. The molecule has 0 fully saturated rings. The Kier molecular flexibility index (Phi) is 8.19. The number of likely N-dealkylation sites (N-methyl/N-ethyl adjacent to an activating group) is 1. The van der Waals surface area contributed by atoms with Gasteiger partial charge >= 0.3 is 0 Å². The lowest BCUT2D eigenvalue weighted by atomic mass is 10.1. The van der Waals surface area contributed by atoms with Crippen molar-refractivity contribution in [2.45, 2.75) is 58.4 Å². The number of hydrogen-bond donors (Lipinski definition) is 2. The summed E-state index contributed by atoms with van der Waals surface area (Å²) in [7, 11) is 1.68. The van der Waals surface area contributed by atoms with Gasteiger partial charge in [-0.1, -0.05) is 37.8 Å². The van der Waals surface area contributed by atoms with Crippen LogP contribution in [0, 0.1) is 0 Å². The van der Waals surface area contributed by atoms with Crippen LogP contribution in [0.15, 0.2) is 5.16 Å². The summed E-state index contributed by atoms with van der Waals surface area (Å²) in [5, 5.41) is 11.4. The number of amides is 1. The van der Waals surface area contributed by atoms with E-state index < -0.39 is 0 Å². The molecule has 0 radical (unpaired) electrons. The Labute approximate surface area is 104 Å². The molecular formula is C12H25N3O2. The van der Waals surface area contributed by atoms with E-state index in [1.54, 1.807) is 14.0 Å². The average Bonchev–Trinajstić information content (AvgIpc) is 2.35. The van der Waals surface area contributed by atoms with Crippen molar-refractivity contribution in [3.05, 3.63) is 0 Å². The molecule has 3 N–H and O–H groups in total. The number of carbonyl (C=O) groups excluding carboxylic acids is 1. The first-order valence-corrected chi connectivity index (χ1v) is 6.27. The summed E-state index contributed by atoms with van der Waals surface area (Å²) in [5.41, 5.74) is 5.46. The molecule has 0 aromatic carbocycles. The summed E-state index contributed by atoms with van der Waals surface area (Å²) < 4.78 is 0. The van der Waals surface area contributed by atoms with E-state index in [-0.39, 0.29) is 17.8 Å². The summed E-state index contributed by atoms with van der Waals surface area (Å²) in [6, 6.07) is -0.358. The first-order valence-electron chi connectivity index (χ1n) is 6.27. The Bertz CT molecular complexity index is 254. The number of rotatable bonds is 8. The first-order chi connectivity index (χ1) is 8.04. The van der Waals surface area contributed by atoms with Gasteiger partial charge in [-0.3, -0.25) is 4.79 Å². The average molecular weight is 243 g/mol. The molecule has 0 aliphatic carbocycles. The Morgan fingerprint density at radius 3 is 2.47 bits per heavy atom. The molecule has 5 heteroatoms. The maximum Gasteiger partial charge on any atom is 0.222 e. The monoisotopic (exact) mass is 243 g/mol. The second-order valence-electron chi connectivity index (χ2n) is 4.37. The first kappa shape index (κ1) is 15.7. The van der Waals surface area contributed by atoms with Crippen LogP contribution in [0.2, 0.25) is 0 Å². The van der Waals surface area contributed by atoms with Gasteiger partial charge in [0.05, 0.1) is 6.04 Å². The Morgan fingerprint density at radius 1 is 1.35 bits per heavy atom. The number of oxime groups is 1. The van der Waals surface area contributed by atoms with Gasteiger partial charge in [0.1, 0.15) is 0 Å². The van der Waals surface area contributed by atoms with Crippen LogP contribution in [0.3, 0.4) is 0 Å². The van der Waals surface area contributed by atoms with Crippen molar-refractivity contribution in [3.8, 4) is 0 Å². The predicted octanol–water partition coefficient (Wildman–Crippen LogP) is 1.94. The molecule has 1 atom stereocenters. The van der Waals surface area contributed by atoms with Crippen LogP contribution in [0.4, 0.5) is 0 Å². The van der Waals surface area contributed by atoms with Crippen LogP contribution in [0.25, 0.3) is 0 Å². The highest BCUT2D eigenvalue weighted by Gasteiger charge is 2.18.